The van der Waals surface area contributed by atoms with E-state index in [-0.39, 0.29) is 0 Å². The number of benzene rings is 1. The van der Waals surface area contributed by atoms with Gasteiger partial charge >= 0.3 is 20.7 Å². The second kappa shape index (κ2) is 9.08. The van der Waals surface area contributed by atoms with Crippen molar-refractivity contribution in [3.05, 3.63) is 29.3 Å². The summed E-state index contributed by atoms with van der Waals surface area (Å²) in [7, 11) is -6.12. The normalized spacial score (nSPS) is 14.0. The first-order valence-electron chi connectivity index (χ1n) is 8.21. The summed E-state index contributed by atoms with van der Waals surface area (Å²) in [4.78, 5) is 24.4. The van der Waals surface area contributed by atoms with E-state index in [0.717, 1.165) is 6.07 Å². The quantitative estimate of drug-likeness (QED) is 0.252. The van der Waals surface area contributed by atoms with Crippen molar-refractivity contribution < 1.29 is 53.3 Å². The fraction of sp³-hybridized carbons (Fsp3) is 0.500. The second-order valence-electron chi connectivity index (χ2n) is 7.24. The van der Waals surface area contributed by atoms with E-state index in [9.17, 15) is 44.3 Å². The fourth-order valence-corrected chi connectivity index (χ4v) is 3.04. The molecule has 0 heterocycles. The number of esters is 1. The predicted molar refractivity (Wildman–Crippen MR) is 98.0 cm³/mol. The molecule has 1 N–H and O–H groups in total. The van der Waals surface area contributed by atoms with Crippen molar-refractivity contribution in [2.24, 2.45) is 0 Å². The van der Waals surface area contributed by atoms with Gasteiger partial charge in [0.25, 0.3) is 11.8 Å². The van der Waals surface area contributed by atoms with E-state index in [1.807, 2.05) is 0 Å². The Labute approximate surface area is 177 Å². The lowest BCUT2D eigenvalue weighted by Gasteiger charge is -2.21. The molecule has 0 aliphatic heterocycles. The maximum Gasteiger partial charge on any atom is 0.443 e. The third-order valence-corrected chi connectivity index (χ3v) is 5.46. The van der Waals surface area contributed by atoms with E-state index < -0.39 is 72.6 Å². The monoisotopic (exact) mass is 492 g/mol. The van der Waals surface area contributed by atoms with Gasteiger partial charge in [0.1, 0.15) is 11.4 Å². The van der Waals surface area contributed by atoms with Gasteiger partial charge in [-0.05, 0) is 39.0 Å². The number of halogens is 4. The van der Waals surface area contributed by atoms with Crippen LogP contribution in [0.5, 0.6) is 5.75 Å². The molecule has 0 spiro atoms. The summed E-state index contributed by atoms with van der Waals surface area (Å²) in [6.45, 7) is 3.77. The van der Waals surface area contributed by atoms with Gasteiger partial charge in [0, 0.05) is 23.6 Å². The third-order valence-electron chi connectivity index (χ3n) is 3.05. The van der Waals surface area contributed by atoms with Crippen LogP contribution >= 0.6 is 0 Å². The van der Waals surface area contributed by atoms with Gasteiger partial charge in [-0.1, -0.05) is 0 Å². The SMILES string of the molecule is CC(F)(F)CNC(=O)c1cc(OS(=O)(=O)C(F)(F)S(=O)[O-])cc(C(=O)OC(C)(C)C)c1. The van der Waals surface area contributed by atoms with Crippen LogP contribution in [0, 0.1) is 0 Å². The summed E-state index contributed by atoms with van der Waals surface area (Å²) >= 11 is -4.42. The molecule has 1 atom stereocenters. The van der Waals surface area contributed by atoms with Crippen molar-refractivity contribution in [2.45, 2.75) is 43.8 Å². The van der Waals surface area contributed by atoms with Crippen LogP contribution in [-0.4, -0.2) is 51.7 Å². The highest BCUT2D eigenvalue weighted by atomic mass is 32.3. The summed E-state index contributed by atoms with van der Waals surface area (Å²) in [6.07, 6.45) is 0. The molecule has 31 heavy (non-hydrogen) atoms. The van der Waals surface area contributed by atoms with Gasteiger partial charge in [0.2, 0.25) is 0 Å². The van der Waals surface area contributed by atoms with Gasteiger partial charge in [-0.15, -0.1) is 0 Å². The first-order chi connectivity index (χ1) is 13.7. The molecular formula is C16H18F4NO8S2-. The van der Waals surface area contributed by atoms with Crippen molar-refractivity contribution in [2.75, 3.05) is 6.54 Å². The first kappa shape index (κ1) is 26.8. The molecule has 1 amide bonds. The summed E-state index contributed by atoms with van der Waals surface area (Å²) in [5.41, 5.74) is -2.23. The molecule has 0 aliphatic carbocycles. The van der Waals surface area contributed by atoms with Crippen LogP contribution < -0.4 is 9.50 Å². The first-order valence-corrected chi connectivity index (χ1v) is 10.7. The van der Waals surface area contributed by atoms with Gasteiger partial charge in [0.05, 0.1) is 12.1 Å². The van der Waals surface area contributed by atoms with Crippen LogP contribution in [0.25, 0.3) is 0 Å². The number of hydrogen-bond acceptors (Lipinski definition) is 8. The highest BCUT2D eigenvalue weighted by molar-refractivity contribution is 8.02. The zero-order chi connectivity index (χ0) is 24.4. The Morgan fingerprint density at radius 2 is 1.58 bits per heavy atom. The maximum atomic E-state index is 13.4. The van der Waals surface area contributed by atoms with E-state index in [2.05, 4.69) is 4.18 Å². The summed E-state index contributed by atoms with van der Waals surface area (Å²) in [5.74, 6) is -6.74. The van der Waals surface area contributed by atoms with E-state index in [4.69, 9.17) is 4.74 Å². The lowest BCUT2D eigenvalue weighted by Crippen LogP contribution is -2.37. The number of amides is 1. The van der Waals surface area contributed by atoms with E-state index in [0.29, 0.717) is 19.1 Å². The van der Waals surface area contributed by atoms with Gasteiger partial charge in [0.15, 0.2) is 0 Å². The van der Waals surface area contributed by atoms with Crippen molar-refractivity contribution in [1.29, 1.82) is 0 Å². The van der Waals surface area contributed by atoms with Crippen LogP contribution in [0.4, 0.5) is 17.6 Å². The van der Waals surface area contributed by atoms with Crippen molar-refractivity contribution in [3.8, 4) is 5.75 Å². The van der Waals surface area contributed by atoms with E-state index in [1.54, 1.807) is 5.32 Å². The number of carbonyl (C=O) groups excluding carboxylic acids is 2. The number of alkyl halides is 4. The lowest BCUT2D eigenvalue weighted by atomic mass is 10.1. The molecule has 0 bridgehead atoms. The molecule has 0 aromatic heterocycles. The Morgan fingerprint density at radius 1 is 1.06 bits per heavy atom. The molecule has 1 aromatic carbocycles. The topological polar surface area (TPSA) is 139 Å². The molecule has 0 saturated heterocycles. The highest BCUT2D eigenvalue weighted by Gasteiger charge is 2.49. The molecule has 1 aromatic rings. The summed E-state index contributed by atoms with van der Waals surface area (Å²) in [5, 5.41) is 1.80. The molecule has 1 unspecified atom stereocenters. The van der Waals surface area contributed by atoms with Crippen LogP contribution in [-0.2, 0) is 25.9 Å². The molecule has 1 rings (SSSR count). The van der Waals surface area contributed by atoms with Crippen LogP contribution in [0.2, 0.25) is 0 Å². The summed E-state index contributed by atoms with van der Waals surface area (Å²) in [6, 6.07) is 1.96. The molecule has 0 fully saturated rings. The third kappa shape index (κ3) is 7.74. The molecule has 0 aliphatic rings. The molecule has 176 valence electrons. The largest absolute Gasteiger partial charge is 0.767 e. The number of hydrogen-bond donors (Lipinski definition) is 1. The minimum Gasteiger partial charge on any atom is -0.767 e. The zero-order valence-electron chi connectivity index (χ0n) is 16.5. The van der Waals surface area contributed by atoms with Crippen molar-refractivity contribution >= 4 is 33.1 Å². The van der Waals surface area contributed by atoms with Gasteiger partial charge in [-0.2, -0.15) is 17.2 Å². The zero-order valence-corrected chi connectivity index (χ0v) is 18.2. The number of nitrogens with one attached hydrogen (secondary N) is 1. The van der Waals surface area contributed by atoms with Crippen LogP contribution in [0.1, 0.15) is 48.4 Å². The number of rotatable bonds is 8. The minimum absolute atomic E-state index is 0.497. The summed E-state index contributed by atoms with van der Waals surface area (Å²) < 4.78 is 101. The fourth-order valence-electron chi connectivity index (χ4n) is 1.83. The van der Waals surface area contributed by atoms with E-state index in [1.165, 1.54) is 20.8 Å². The number of ether oxygens (including phenoxy) is 1. The van der Waals surface area contributed by atoms with Gasteiger partial charge in [-0.25, -0.2) is 13.6 Å². The highest BCUT2D eigenvalue weighted by Crippen LogP contribution is 2.30. The van der Waals surface area contributed by atoms with Crippen molar-refractivity contribution in [3.63, 3.8) is 0 Å². The molecular weight excluding hydrogens is 474 g/mol. The molecule has 0 saturated carbocycles. The molecule has 9 nitrogen and oxygen atoms in total. The molecule has 0 radical (unpaired) electrons. The van der Waals surface area contributed by atoms with E-state index >= 15 is 0 Å². The number of carbonyl (C=O) groups is 2. The average molecular weight is 492 g/mol. The Balaban J connectivity index is 3.43. The van der Waals surface area contributed by atoms with Crippen LogP contribution in [0.15, 0.2) is 18.2 Å². The Bertz CT molecular complexity index is 984. The van der Waals surface area contributed by atoms with Gasteiger partial charge < -0.3 is 18.8 Å². The van der Waals surface area contributed by atoms with Gasteiger partial charge in [-0.3, -0.25) is 9.00 Å². The molecule has 15 heteroatoms. The second-order valence-corrected chi connectivity index (χ2v) is 10.1. The predicted octanol–water partition coefficient (Wildman–Crippen LogP) is 2.16. The Kier molecular flexibility index (Phi) is 7.84. The Morgan fingerprint density at radius 3 is 2.03 bits per heavy atom. The minimum atomic E-state index is -6.12. The lowest BCUT2D eigenvalue weighted by molar-refractivity contribution is 0.00684. The Hall–Kier alpha value is -2.26. The van der Waals surface area contributed by atoms with Crippen LogP contribution in [0.3, 0.4) is 0 Å². The maximum absolute atomic E-state index is 13.4. The standard InChI is InChI=1S/C16H19F4NO8S2/c1-14(2,3)28-13(23)10-5-9(12(22)21-8-15(4,17)18)6-11(7-10)29-31(26,27)16(19,20)30(24)25/h5-7H,8H2,1-4H3,(H,21,22)(H,24,25)/p-1. The average Bonchev–Trinajstić information content (AvgIpc) is 2.56. The smallest absolute Gasteiger partial charge is 0.443 e. The van der Waals surface area contributed by atoms with Crippen molar-refractivity contribution in [1.82, 2.24) is 5.32 Å².